The highest BCUT2D eigenvalue weighted by Gasteiger charge is 2.62. The second-order valence-electron chi connectivity index (χ2n) is 6.44. The fraction of sp³-hybridized carbons (Fsp3) is 0.750. The van der Waals surface area contributed by atoms with E-state index in [1.807, 2.05) is 0 Å². The van der Waals surface area contributed by atoms with E-state index >= 15 is 0 Å². The molecule has 0 saturated heterocycles. The molecule has 0 aromatic heterocycles. The van der Waals surface area contributed by atoms with Crippen molar-refractivity contribution in [2.24, 2.45) is 16.7 Å². The lowest BCUT2D eigenvalue weighted by Crippen LogP contribution is -2.37. The summed E-state index contributed by atoms with van der Waals surface area (Å²) in [7, 11) is 1.31. The Balaban J connectivity index is 0.000000286. The van der Waals surface area contributed by atoms with Gasteiger partial charge in [-0.2, -0.15) is 0 Å². The molecule has 2 fully saturated rings. The fourth-order valence-electron chi connectivity index (χ4n) is 3.59. The van der Waals surface area contributed by atoms with E-state index in [9.17, 15) is 9.59 Å². The lowest BCUT2D eigenvalue weighted by atomic mass is 9.70. The Kier molecular flexibility index (Phi) is 5.00. The van der Waals surface area contributed by atoms with E-state index in [4.69, 9.17) is 4.74 Å². The van der Waals surface area contributed by atoms with Crippen LogP contribution in [0.4, 0.5) is 0 Å². The lowest BCUT2D eigenvalue weighted by Gasteiger charge is -2.38. The zero-order valence-electron chi connectivity index (χ0n) is 13.2. The van der Waals surface area contributed by atoms with Crippen molar-refractivity contribution in [3.8, 4) is 0 Å². The molecule has 114 valence electrons. The molecule has 0 aromatic rings. The van der Waals surface area contributed by atoms with Crippen LogP contribution in [0.5, 0.6) is 0 Å². The van der Waals surface area contributed by atoms with Crippen LogP contribution >= 0.6 is 0 Å². The Bertz CT molecular complexity index is 399. The van der Waals surface area contributed by atoms with Gasteiger partial charge in [-0.3, -0.25) is 4.79 Å². The van der Waals surface area contributed by atoms with E-state index in [0.29, 0.717) is 5.41 Å². The van der Waals surface area contributed by atoms with Gasteiger partial charge in [-0.25, -0.2) is 4.79 Å². The number of ether oxygens (including phenoxy) is 2. The van der Waals surface area contributed by atoms with Crippen molar-refractivity contribution in [2.45, 2.75) is 53.1 Å². The van der Waals surface area contributed by atoms with Crippen molar-refractivity contribution >= 4 is 11.9 Å². The SMILES string of the molecule is C=CC(=O)OC.CC(=O)OC1CC2CCC1(C)C2(C)C. The van der Waals surface area contributed by atoms with Gasteiger partial charge in [0.25, 0.3) is 0 Å². The van der Waals surface area contributed by atoms with Crippen LogP contribution < -0.4 is 0 Å². The molecule has 2 bridgehead atoms. The molecule has 0 N–H and O–H groups in total. The summed E-state index contributed by atoms with van der Waals surface area (Å²) in [5.74, 6) is 0.228. The summed E-state index contributed by atoms with van der Waals surface area (Å²) in [5.41, 5.74) is 0.552. The number of methoxy groups -OCH3 is 1. The van der Waals surface area contributed by atoms with Crippen LogP contribution in [-0.4, -0.2) is 25.2 Å². The Morgan fingerprint density at radius 3 is 2.15 bits per heavy atom. The van der Waals surface area contributed by atoms with E-state index in [0.717, 1.165) is 18.4 Å². The first-order chi connectivity index (χ1) is 9.18. The van der Waals surface area contributed by atoms with Crippen LogP contribution in [0.25, 0.3) is 0 Å². The van der Waals surface area contributed by atoms with Gasteiger partial charge in [0.05, 0.1) is 7.11 Å². The van der Waals surface area contributed by atoms with Crippen molar-refractivity contribution in [1.29, 1.82) is 0 Å². The molecule has 0 heterocycles. The van der Waals surface area contributed by atoms with Crippen LogP contribution in [0.15, 0.2) is 12.7 Å². The molecule has 0 aromatic carbocycles. The van der Waals surface area contributed by atoms with Crippen LogP contribution in [0.2, 0.25) is 0 Å². The minimum atomic E-state index is -0.394. The summed E-state index contributed by atoms with van der Waals surface area (Å²) in [5, 5.41) is 0. The molecule has 2 saturated carbocycles. The van der Waals surface area contributed by atoms with Gasteiger partial charge in [-0.1, -0.05) is 27.4 Å². The van der Waals surface area contributed by atoms with Gasteiger partial charge < -0.3 is 9.47 Å². The average Bonchev–Trinajstić information content (AvgIpc) is 2.71. The van der Waals surface area contributed by atoms with Gasteiger partial charge in [0.15, 0.2) is 0 Å². The zero-order chi connectivity index (χ0) is 15.6. The molecule has 2 aliphatic rings. The van der Waals surface area contributed by atoms with Gasteiger partial charge in [-0.15, -0.1) is 0 Å². The van der Waals surface area contributed by atoms with Gasteiger partial charge in [-0.05, 0) is 30.6 Å². The molecule has 2 aliphatic carbocycles. The van der Waals surface area contributed by atoms with E-state index in [1.54, 1.807) is 0 Å². The summed E-state index contributed by atoms with van der Waals surface area (Å²) in [6.45, 7) is 11.6. The molecule has 0 radical (unpaired) electrons. The summed E-state index contributed by atoms with van der Waals surface area (Å²) in [4.78, 5) is 20.8. The van der Waals surface area contributed by atoms with Gasteiger partial charge >= 0.3 is 11.9 Å². The number of carbonyl (C=O) groups is 2. The highest BCUT2D eigenvalue weighted by Crippen LogP contribution is 2.66. The molecule has 0 aliphatic heterocycles. The quantitative estimate of drug-likeness (QED) is 0.577. The topological polar surface area (TPSA) is 52.6 Å². The van der Waals surface area contributed by atoms with E-state index < -0.39 is 5.97 Å². The minimum absolute atomic E-state index is 0.125. The first-order valence-electron chi connectivity index (χ1n) is 7.06. The van der Waals surface area contributed by atoms with Crippen LogP contribution in [0.3, 0.4) is 0 Å². The van der Waals surface area contributed by atoms with Crippen LogP contribution in [-0.2, 0) is 19.1 Å². The number of hydrogen-bond acceptors (Lipinski definition) is 4. The molecule has 2 rings (SSSR count). The second-order valence-corrected chi connectivity index (χ2v) is 6.44. The number of hydrogen-bond donors (Lipinski definition) is 0. The largest absolute Gasteiger partial charge is 0.466 e. The van der Waals surface area contributed by atoms with Crippen molar-refractivity contribution in [2.75, 3.05) is 7.11 Å². The molecule has 3 unspecified atom stereocenters. The van der Waals surface area contributed by atoms with Crippen molar-refractivity contribution < 1.29 is 19.1 Å². The first-order valence-corrected chi connectivity index (χ1v) is 7.06. The molecule has 0 amide bonds. The maximum atomic E-state index is 11.0. The zero-order valence-corrected chi connectivity index (χ0v) is 13.2. The van der Waals surface area contributed by atoms with E-state index in [-0.39, 0.29) is 17.5 Å². The molecule has 0 spiro atoms. The molecular formula is C16H26O4. The van der Waals surface area contributed by atoms with E-state index in [2.05, 4.69) is 32.1 Å². The van der Waals surface area contributed by atoms with Gasteiger partial charge in [0.2, 0.25) is 0 Å². The van der Waals surface area contributed by atoms with Crippen LogP contribution in [0, 0.1) is 16.7 Å². The number of carbonyl (C=O) groups excluding carboxylic acids is 2. The molecule has 4 heteroatoms. The summed E-state index contributed by atoms with van der Waals surface area (Å²) < 4.78 is 9.59. The Labute approximate surface area is 121 Å². The monoisotopic (exact) mass is 282 g/mol. The maximum absolute atomic E-state index is 11.0. The van der Waals surface area contributed by atoms with Gasteiger partial charge in [0, 0.05) is 18.4 Å². The minimum Gasteiger partial charge on any atom is -0.466 e. The third-order valence-corrected chi connectivity index (χ3v) is 5.39. The summed E-state index contributed by atoms with van der Waals surface area (Å²) >= 11 is 0. The van der Waals surface area contributed by atoms with E-state index in [1.165, 1.54) is 26.9 Å². The van der Waals surface area contributed by atoms with Crippen LogP contribution in [0.1, 0.15) is 47.0 Å². The lowest BCUT2D eigenvalue weighted by molar-refractivity contribution is -0.154. The normalized spacial score (nSPS) is 32.9. The second kappa shape index (κ2) is 5.98. The highest BCUT2D eigenvalue weighted by molar-refractivity contribution is 5.80. The average molecular weight is 282 g/mol. The summed E-state index contributed by atoms with van der Waals surface area (Å²) in [6, 6.07) is 0. The molecule has 4 nitrogen and oxygen atoms in total. The third kappa shape index (κ3) is 2.89. The predicted molar refractivity (Wildman–Crippen MR) is 77.0 cm³/mol. The Hall–Kier alpha value is -1.32. The first kappa shape index (κ1) is 16.7. The standard InChI is InChI=1S/C12H20O2.C4H6O2/c1-8(13)14-10-7-9-5-6-12(10,4)11(9,2)3;1-3-4(5)6-2/h9-10H,5-7H2,1-4H3;3H,1H2,2H3. The molecule has 20 heavy (non-hydrogen) atoms. The third-order valence-electron chi connectivity index (χ3n) is 5.39. The smallest absolute Gasteiger partial charge is 0.329 e. The van der Waals surface area contributed by atoms with Crippen molar-refractivity contribution in [3.63, 3.8) is 0 Å². The van der Waals surface area contributed by atoms with Crippen molar-refractivity contribution in [3.05, 3.63) is 12.7 Å². The van der Waals surface area contributed by atoms with Crippen molar-refractivity contribution in [1.82, 2.24) is 0 Å². The maximum Gasteiger partial charge on any atom is 0.329 e. The Morgan fingerprint density at radius 1 is 1.30 bits per heavy atom. The highest BCUT2D eigenvalue weighted by atomic mass is 16.5. The fourth-order valence-corrected chi connectivity index (χ4v) is 3.59. The van der Waals surface area contributed by atoms with Gasteiger partial charge in [0.1, 0.15) is 6.10 Å². The Morgan fingerprint density at radius 2 is 1.90 bits per heavy atom. The molecular weight excluding hydrogens is 256 g/mol. The number of fused-ring (bicyclic) bond motifs is 2. The molecule has 3 atom stereocenters. The number of esters is 2. The summed E-state index contributed by atoms with van der Waals surface area (Å²) in [6.07, 6.45) is 4.86. The predicted octanol–water partition coefficient (Wildman–Crippen LogP) is 3.11. The number of rotatable bonds is 2.